The van der Waals surface area contributed by atoms with Crippen molar-refractivity contribution in [3.63, 3.8) is 0 Å². The van der Waals surface area contributed by atoms with Gasteiger partial charge in [-0.2, -0.15) is 0 Å². The fourth-order valence-corrected chi connectivity index (χ4v) is 1.05. The van der Waals surface area contributed by atoms with E-state index in [1.54, 1.807) is 0 Å². The monoisotopic (exact) mass is 180 g/mol. The highest BCUT2D eigenvalue weighted by molar-refractivity contribution is 5.53. The lowest BCUT2D eigenvalue weighted by Crippen LogP contribution is -2.16. The molecule has 0 radical (unpaired) electrons. The molecule has 0 aliphatic rings. The van der Waals surface area contributed by atoms with Gasteiger partial charge in [0.1, 0.15) is 12.4 Å². The maximum absolute atomic E-state index is 5.73. The molecule has 0 fully saturated rings. The quantitative estimate of drug-likeness (QED) is 0.540. The molecule has 0 amide bonds. The fraction of sp³-hybridized carbons (Fsp3) is 0.400. The standard InChI is InChI=1S/C10H16N2O/c1-8-9(11)4-3-5-10(8)13-7-6-12-2/h3-5,12H,6-7,11H2,1-2H3. The van der Waals surface area contributed by atoms with E-state index in [0.717, 1.165) is 23.5 Å². The third-order valence-corrected chi connectivity index (χ3v) is 1.94. The summed E-state index contributed by atoms with van der Waals surface area (Å²) in [6.07, 6.45) is 0. The molecule has 72 valence electrons. The van der Waals surface area contributed by atoms with Gasteiger partial charge in [0.15, 0.2) is 0 Å². The van der Waals surface area contributed by atoms with Crippen molar-refractivity contribution in [2.45, 2.75) is 6.92 Å². The largest absolute Gasteiger partial charge is 0.492 e. The van der Waals surface area contributed by atoms with E-state index in [2.05, 4.69) is 5.32 Å². The lowest BCUT2D eigenvalue weighted by molar-refractivity contribution is 0.316. The molecule has 3 nitrogen and oxygen atoms in total. The number of rotatable bonds is 4. The second kappa shape index (κ2) is 4.72. The van der Waals surface area contributed by atoms with Gasteiger partial charge >= 0.3 is 0 Å². The molecule has 1 rings (SSSR count). The second-order valence-electron chi connectivity index (χ2n) is 2.92. The van der Waals surface area contributed by atoms with Gasteiger partial charge in [-0.05, 0) is 26.1 Å². The van der Waals surface area contributed by atoms with Gasteiger partial charge in [0.25, 0.3) is 0 Å². The molecule has 0 bridgehead atoms. The van der Waals surface area contributed by atoms with Crippen molar-refractivity contribution in [2.75, 3.05) is 25.9 Å². The van der Waals surface area contributed by atoms with E-state index in [1.165, 1.54) is 0 Å². The molecule has 0 saturated carbocycles. The van der Waals surface area contributed by atoms with E-state index < -0.39 is 0 Å². The predicted octanol–water partition coefficient (Wildman–Crippen LogP) is 1.18. The van der Waals surface area contributed by atoms with Gasteiger partial charge in [0.05, 0.1) is 0 Å². The van der Waals surface area contributed by atoms with Gasteiger partial charge in [0.2, 0.25) is 0 Å². The van der Waals surface area contributed by atoms with Crippen LogP contribution in [-0.2, 0) is 0 Å². The molecule has 1 aromatic rings. The van der Waals surface area contributed by atoms with Crippen molar-refractivity contribution < 1.29 is 4.74 Å². The van der Waals surface area contributed by atoms with Crippen LogP contribution in [0, 0.1) is 6.92 Å². The number of nitrogens with two attached hydrogens (primary N) is 1. The summed E-state index contributed by atoms with van der Waals surface area (Å²) in [5.74, 6) is 0.871. The number of nitrogen functional groups attached to an aromatic ring is 1. The number of benzene rings is 1. The molecule has 0 heterocycles. The van der Waals surface area contributed by atoms with Crippen LogP contribution >= 0.6 is 0 Å². The Kier molecular flexibility index (Phi) is 3.58. The molecule has 0 spiro atoms. The highest BCUT2D eigenvalue weighted by Gasteiger charge is 2.00. The Morgan fingerprint density at radius 2 is 2.23 bits per heavy atom. The summed E-state index contributed by atoms with van der Waals surface area (Å²) in [7, 11) is 1.90. The maximum Gasteiger partial charge on any atom is 0.124 e. The molecule has 0 aliphatic heterocycles. The van der Waals surface area contributed by atoms with E-state index >= 15 is 0 Å². The highest BCUT2D eigenvalue weighted by Crippen LogP contribution is 2.22. The minimum atomic E-state index is 0.667. The van der Waals surface area contributed by atoms with E-state index in [0.29, 0.717) is 6.61 Å². The third kappa shape index (κ3) is 2.63. The van der Waals surface area contributed by atoms with Crippen LogP contribution in [0.3, 0.4) is 0 Å². The average molecular weight is 180 g/mol. The van der Waals surface area contributed by atoms with Crippen LogP contribution in [0.25, 0.3) is 0 Å². The van der Waals surface area contributed by atoms with E-state index in [4.69, 9.17) is 10.5 Å². The van der Waals surface area contributed by atoms with Crippen LogP contribution in [0.4, 0.5) is 5.69 Å². The first-order valence-electron chi connectivity index (χ1n) is 4.38. The zero-order valence-electron chi connectivity index (χ0n) is 8.13. The summed E-state index contributed by atoms with van der Waals surface area (Å²) < 4.78 is 5.52. The normalized spacial score (nSPS) is 10.0. The molecule has 0 aromatic heterocycles. The number of ether oxygens (including phenoxy) is 1. The SMILES string of the molecule is CNCCOc1cccc(N)c1C. The van der Waals surface area contributed by atoms with Gasteiger partial charge in [-0.1, -0.05) is 6.07 Å². The molecule has 0 unspecified atom stereocenters. The summed E-state index contributed by atoms with van der Waals surface area (Å²) in [6, 6.07) is 5.71. The van der Waals surface area contributed by atoms with Gasteiger partial charge in [-0.15, -0.1) is 0 Å². The van der Waals surface area contributed by atoms with Crippen LogP contribution < -0.4 is 15.8 Å². The lowest BCUT2D eigenvalue weighted by Gasteiger charge is -2.09. The predicted molar refractivity (Wildman–Crippen MR) is 55.0 cm³/mol. The van der Waals surface area contributed by atoms with E-state index in [-0.39, 0.29) is 0 Å². The van der Waals surface area contributed by atoms with Crippen LogP contribution in [0.2, 0.25) is 0 Å². The minimum absolute atomic E-state index is 0.667. The Morgan fingerprint density at radius 3 is 2.92 bits per heavy atom. The van der Waals surface area contributed by atoms with E-state index in [1.807, 2.05) is 32.2 Å². The van der Waals surface area contributed by atoms with Gasteiger partial charge < -0.3 is 15.8 Å². The van der Waals surface area contributed by atoms with Crippen molar-refractivity contribution in [1.29, 1.82) is 0 Å². The number of nitrogens with one attached hydrogen (secondary N) is 1. The molecule has 1 aromatic carbocycles. The van der Waals surface area contributed by atoms with Crippen molar-refractivity contribution in [2.24, 2.45) is 0 Å². The maximum atomic E-state index is 5.73. The Bertz CT molecular complexity index is 274. The topological polar surface area (TPSA) is 47.3 Å². The highest BCUT2D eigenvalue weighted by atomic mass is 16.5. The number of hydrogen-bond acceptors (Lipinski definition) is 3. The molecule has 0 saturated heterocycles. The van der Waals surface area contributed by atoms with Gasteiger partial charge in [-0.25, -0.2) is 0 Å². The lowest BCUT2D eigenvalue weighted by atomic mass is 10.2. The molecule has 13 heavy (non-hydrogen) atoms. The third-order valence-electron chi connectivity index (χ3n) is 1.94. The molecule has 3 heteroatoms. The summed E-state index contributed by atoms with van der Waals surface area (Å²) in [5.41, 5.74) is 7.52. The number of anilines is 1. The first kappa shape index (κ1) is 9.86. The fourth-order valence-electron chi connectivity index (χ4n) is 1.05. The molecule has 0 atom stereocenters. The second-order valence-corrected chi connectivity index (χ2v) is 2.92. The van der Waals surface area contributed by atoms with Crippen molar-refractivity contribution >= 4 is 5.69 Å². The first-order valence-corrected chi connectivity index (χ1v) is 4.38. The Hall–Kier alpha value is -1.22. The summed E-state index contributed by atoms with van der Waals surface area (Å²) in [5, 5.41) is 3.02. The first-order chi connectivity index (χ1) is 6.25. The smallest absolute Gasteiger partial charge is 0.124 e. The Morgan fingerprint density at radius 1 is 1.46 bits per heavy atom. The van der Waals surface area contributed by atoms with Crippen LogP contribution in [0.15, 0.2) is 18.2 Å². The Labute approximate surface area is 78.9 Å². The van der Waals surface area contributed by atoms with E-state index in [9.17, 15) is 0 Å². The van der Waals surface area contributed by atoms with Gasteiger partial charge in [-0.3, -0.25) is 0 Å². The molecular weight excluding hydrogens is 164 g/mol. The van der Waals surface area contributed by atoms with Crippen molar-refractivity contribution in [1.82, 2.24) is 5.32 Å². The summed E-state index contributed by atoms with van der Waals surface area (Å²) in [6.45, 7) is 3.47. The van der Waals surface area contributed by atoms with Crippen LogP contribution in [0.1, 0.15) is 5.56 Å². The average Bonchev–Trinajstić information content (AvgIpc) is 2.13. The van der Waals surface area contributed by atoms with Crippen molar-refractivity contribution in [3.8, 4) is 5.75 Å². The Balaban J connectivity index is 2.61. The minimum Gasteiger partial charge on any atom is -0.492 e. The van der Waals surface area contributed by atoms with Gasteiger partial charge in [0, 0.05) is 17.8 Å². The summed E-state index contributed by atoms with van der Waals surface area (Å²) in [4.78, 5) is 0. The molecule has 0 aliphatic carbocycles. The zero-order valence-corrected chi connectivity index (χ0v) is 8.13. The van der Waals surface area contributed by atoms with Crippen molar-refractivity contribution in [3.05, 3.63) is 23.8 Å². The van der Waals surface area contributed by atoms with Crippen LogP contribution in [0.5, 0.6) is 5.75 Å². The number of hydrogen-bond donors (Lipinski definition) is 2. The molecule has 3 N–H and O–H groups in total. The summed E-state index contributed by atoms with van der Waals surface area (Å²) >= 11 is 0. The number of likely N-dealkylation sites (N-methyl/N-ethyl adjacent to an activating group) is 1. The van der Waals surface area contributed by atoms with Crippen LogP contribution in [-0.4, -0.2) is 20.2 Å². The zero-order chi connectivity index (χ0) is 9.68. The molecular formula is C10H16N2O.